The van der Waals surface area contributed by atoms with Crippen LogP contribution in [0.2, 0.25) is 0 Å². The standard InChI is InChI=1S/C20H23FN2O4S/c1-28(25,26)22-19-10-9-16(21)12-18(19)20(24)23-11-5-6-15(13-23)14-27-17-7-3-2-4-8-17/h2-4,7-10,12,15,22H,5-6,11,13-14H2,1H3. The van der Waals surface area contributed by atoms with Gasteiger partial charge in [-0.1, -0.05) is 18.2 Å². The third-order valence-corrected chi connectivity index (χ3v) is 5.13. The normalized spacial score (nSPS) is 17.2. The van der Waals surface area contributed by atoms with Gasteiger partial charge < -0.3 is 9.64 Å². The van der Waals surface area contributed by atoms with Crippen molar-refractivity contribution in [3.8, 4) is 5.75 Å². The predicted octanol–water partition coefficient (Wildman–Crippen LogP) is 3.13. The van der Waals surface area contributed by atoms with E-state index in [9.17, 15) is 17.6 Å². The lowest BCUT2D eigenvalue weighted by Crippen LogP contribution is -2.41. The summed E-state index contributed by atoms with van der Waals surface area (Å²) in [6.07, 6.45) is 2.72. The lowest BCUT2D eigenvalue weighted by Gasteiger charge is -2.33. The predicted molar refractivity (Wildman–Crippen MR) is 105 cm³/mol. The monoisotopic (exact) mass is 406 g/mol. The molecule has 1 heterocycles. The molecule has 0 spiro atoms. The van der Waals surface area contributed by atoms with Crippen molar-refractivity contribution < 1.29 is 22.3 Å². The van der Waals surface area contributed by atoms with Gasteiger partial charge in [-0.25, -0.2) is 12.8 Å². The number of hydrogen-bond acceptors (Lipinski definition) is 4. The van der Waals surface area contributed by atoms with Crippen molar-refractivity contribution in [2.75, 3.05) is 30.7 Å². The number of likely N-dealkylation sites (tertiary alicyclic amines) is 1. The molecule has 1 amide bonds. The van der Waals surface area contributed by atoms with Crippen LogP contribution in [0, 0.1) is 11.7 Å². The highest BCUT2D eigenvalue weighted by Gasteiger charge is 2.27. The van der Waals surface area contributed by atoms with Crippen molar-refractivity contribution >= 4 is 21.6 Å². The molecule has 8 heteroatoms. The third kappa shape index (κ3) is 5.45. The van der Waals surface area contributed by atoms with Crippen LogP contribution in [0.3, 0.4) is 0 Å². The Bertz CT molecular complexity index is 934. The summed E-state index contributed by atoms with van der Waals surface area (Å²) in [5.74, 6) is -0.0630. The molecule has 1 N–H and O–H groups in total. The van der Waals surface area contributed by atoms with E-state index in [-0.39, 0.29) is 17.2 Å². The van der Waals surface area contributed by atoms with Gasteiger partial charge >= 0.3 is 0 Å². The molecule has 28 heavy (non-hydrogen) atoms. The van der Waals surface area contributed by atoms with Crippen molar-refractivity contribution in [1.82, 2.24) is 4.90 Å². The number of halogens is 1. The number of piperidine rings is 1. The number of nitrogens with zero attached hydrogens (tertiary/aromatic N) is 1. The minimum Gasteiger partial charge on any atom is -0.493 e. The number of anilines is 1. The van der Waals surface area contributed by atoms with Gasteiger partial charge in [0.2, 0.25) is 10.0 Å². The van der Waals surface area contributed by atoms with Crippen LogP contribution in [0.1, 0.15) is 23.2 Å². The van der Waals surface area contributed by atoms with Gasteiger partial charge in [0.05, 0.1) is 24.1 Å². The van der Waals surface area contributed by atoms with Gasteiger partial charge in [-0.2, -0.15) is 0 Å². The second kappa shape index (κ2) is 8.60. The Kier molecular flexibility index (Phi) is 6.18. The topological polar surface area (TPSA) is 75.7 Å². The number of sulfonamides is 1. The molecule has 0 bridgehead atoms. The molecule has 3 rings (SSSR count). The van der Waals surface area contributed by atoms with E-state index >= 15 is 0 Å². The van der Waals surface area contributed by atoms with Crippen LogP contribution in [-0.4, -0.2) is 45.2 Å². The summed E-state index contributed by atoms with van der Waals surface area (Å²) in [6.45, 7) is 1.49. The second-order valence-corrected chi connectivity index (χ2v) is 8.70. The van der Waals surface area contributed by atoms with E-state index in [0.29, 0.717) is 19.7 Å². The van der Waals surface area contributed by atoms with Crippen LogP contribution in [0.5, 0.6) is 5.75 Å². The lowest BCUT2D eigenvalue weighted by molar-refractivity contribution is 0.0634. The fourth-order valence-electron chi connectivity index (χ4n) is 3.27. The zero-order valence-electron chi connectivity index (χ0n) is 15.6. The lowest BCUT2D eigenvalue weighted by atomic mass is 9.98. The summed E-state index contributed by atoms with van der Waals surface area (Å²) >= 11 is 0. The smallest absolute Gasteiger partial charge is 0.256 e. The van der Waals surface area contributed by atoms with Crippen LogP contribution < -0.4 is 9.46 Å². The molecule has 0 aromatic heterocycles. The van der Waals surface area contributed by atoms with E-state index in [1.807, 2.05) is 30.3 Å². The molecule has 1 aliphatic heterocycles. The average Bonchev–Trinajstić information content (AvgIpc) is 2.67. The third-order valence-electron chi connectivity index (χ3n) is 4.54. The molecule has 0 saturated carbocycles. The van der Waals surface area contributed by atoms with E-state index in [1.54, 1.807) is 4.90 Å². The minimum absolute atomic E-state index is 0.00931. The fourth-order valence-corrected chi connectivity index (χ4v) is 3.85. The van der Waals surface area contributed by atoms with Crippen molar-refractivity contribution in [2.45, 2.75) is 12.8 Å². The zero-order valence-corrected chi connectivity index (χ0v) is 16.4. The van der Waals surface area contributed by atoms with Gasteiger partial charge in [0.15, 0.2) is 0 Å². The first-order chi connectivity index (χ1) is 13.3. The highest BCUT2D eigenvalue weighted by molar-refractivity contribution is 7.92. The summed E-state index contributed by atoms with van der Waals surface area (Å²) in [4.78, 5) is 14.6. The molecule has 2 aromatic rings. The molecule has 1 saturated heterocycles. The number of hydrogen-bond donors (Lipinski definition) is 1. The number of ether oxygens (including phenoxy) is 1. The van der Waals surface area contributed by atoms with E-state index in [2.05, 4.69) is 4.72 Å². The van der Waals surface area contributed by atoms with Crippen LogP contribution in [0.25, 0.3) is 0 Å². The van der Waals surface area contributed by atoms with Crippen molar-refractivity contribution in [3.05, 3.63) is 59.9 Å². The van der Waals surface area contributed by atoms with E-state index < -0.39 is 21.7 Å². The molecule has 1 unspecified atom stereocenters. The van der Waals surface area contributed by atoms with E-state index in [1.165, 1.54) is 6.07 Å². The zero-order chi connectivity index (χ0) is 20.1. The first kappa shape index (κ1) is 20.1. The molecule has 1 atom stereocenters. The number of nitrogens with one attached hydrogen (secondary N) is 1. The first-order valence-electron chi connectivity index (χ1n) is 9.06. The maximum Gasteiger partial charge on any atom is 0.256 e. The van der Waals surface area contributed by atoms with Crippen molar-refractivity contribution in [3.63, 3.8) is 0 Å². The summed E-state index contributed by atoms with van der Waals surface area (Å²) in [5, 5.41) is 0. The highest BCUT2D eigenvalue weighted by Crippen LogP contribution is 2.24. The van der Waals surface area contributed by atoms with Gasteiger partial charge in [-0.3, -0.25) is 9.52 Å². The molecule has 0 aliphatic carbocycles. The molecule has 1 aliphatic rings. The number of carbonyl (C=O) groups is 1. The maximum absolute atomic E-state index is 13.7. The molecular formula is C20H23FN2O4S. The Morgan fingerprint density at radius 2 is 2.00 bits per heavy atom. The molecular weight excluding hydrogens is 383 g/mol. The molecule has 2 aromatic carbocycles. The fraction of sp³-hybridized carbons (Fsp3) is 0.350. The van der Waals surface area contributed by atoms with Crippen LogP contribution in [0.4, 0.5) is 10.1 Å². The number of carbonyl (C=O) groups excluding carboxylic acids is 1. The molecule has 6 nitrogen and oxygen atoms in total. The van der Waals surface area contributed by atoms with Gasteiger partial charge in [0.25, 0.3) is 5.91 Å². The Hall–Kier alpha value is -2.61. The Labute approximate surface area is 164 Å². The Balaban J connectivity index is 1.71. The van der Waals surface area contributed by atoms with Crippen LogP contribution in [0.15, 0.2) is 48.5 Å². The summed E-state index contributed by atoms with van der Waals surface area (Å²) in [6, 6.07) is 12.9. The minimum atomic E-state index is -3.59. The SMILES string of the molecule is CS(=O)(=O)Nc1ccc(F)cc1C(=O)N1CCCC(COc2ccccc2)C1. The Morgan fingerprint density at radius 1 is 1.25 bits per heavy atom. The van der Waals surface area contributed by atoms with Crippen molar-refractivity contribution in [1.29, 1.82) is 0 Å². The summed E-state index contributed by atoms with van der Waals surface area (Å²) in [5.41, 5.74) is 0.0895. The van der Waals surface area contributed by atoms with Crippen LogP contribution >= 0.6 is 0 Å². The van der Waals surface area contributed by atoms with Gasteiger partial charge in [-0.15, -0.1) is 0 Å². The van der Waals surface area contributed by atoms with E-state index in [4.69, 9.17) is 4.74 Å². The van der Waals surface area contributed by atoms with E-state index in [0.717, 1.165) is 37.0 Å². The molecule has 0 radical (unpaired) electrons. The molecule has 150 valence electrons. The van der Waals surface area contributed by atoms with Crippen LogP contribution in [-0.2, 0) is 10.0 Å². The second-order valence-electron chi connectivity index (χ2n) is 6.95. The number of amides is 1. The number of rotatable bonds is 6. The maximum atomic E-state index is 13.7. The highest BCUT2D eigenvalue weighted by atomic mass is 32.2. The van der Waals surface area contributed by atoms with Gasteiger partial charge in [-0.05, 0) is 43.2 Å². The average molecular weight is 406 g/mol. The summed E-state index contributed by atoms with van der Waals surface area (Å²) < 4.78 is 44.9. The number of benzene rings is 2. The Morgan fingerprint density at radius 3 is 2.71 bits per heavy atom. The van der Waals surface area contributed by atoms with Gasteiger partial charge in [0.1, 0.15) is 11.6 Å². The number of para-hydroxylation sites is 1. The quantitative estimate of drug-likeness (QED) is 0.800. The van der Waals surface area contributed by atoms with Gasteiger partial charge in [0, 0.05) is 19.0 Å². The molecule has 1 fully saturated rings. The first-order valence-corrected chi connectivity index (χ1v) is 11.0. The summed E-state index contributed by atoms with van der Waals surface area (Å²) in [7, 11) is -3.59. The van der Waals surface area contributed by atoms with Crippen molar-refractivity contribution in [2.24, 2.45) is 5.92 Å². The largest absolute Gasteiger partial charge is 0.493 e.